The van der Waals surface area contributed by atoms with Crippen LogP contribution < -0.4 is 10.9 Å². The number of amides is 1. The first kappa shape index (κ1) is 16.7. The van der Waals surface area contributed by atoms with Gasteiger partial charge in [-0.25, -0.2) is 9.48 Å². The van der Waals surface area contributed by atoms with Gasteiger partial charge in [0.05, 0.1) is 11.6 Å². The van der Waals surface area contributed by atoms with Gasteiger partial charge in [-0.1, -0.05) is 38.5 Å². The van der Waals surface area contributed by atoms with Crippen molar-refractivity contribution in [1.29, 1.82) is 0 Å². The lowest BCUT2D eigenvalue weighted by atomic mass is 9.99. The Morgan fingerprint density at radius 2 is 2.04 bits per heavy atom. The lowest BCUT2D eigenvalue weighted by Gasteiger charge is -2.20. The Bertz CT molecular complexity index is 784. The molecule has 0 bridgehead atoms. The summed E-state index contributed by atoms with van der Waals surface area (Å²) in [5.74, 6) is -1.85. The zero-order valence-corrected chi connectivity index (χ0v) is 13.0. The highest BCUT2D eigenvalue weighted by molar-refractivity contribution is 5.84. The fraction of sp³-hybridized carbons (Fsp3) is 0.375. The highest BCUT2D eigenvalue weighted by Crippen LogP contribution is 2.08. The van der Waals surface area contributed by atoms with Crippen LogP contribution in [0.2, 0.25) is 0 Å². The Morgan fingerprint density at radius 1 is 1.35 bits per heavy atom. The molecule has 7 heteroatoms. The fourth-order valence-corrected chi connectivity index (χ4v) is 2.28. The SMILES string of the molecule is CC[C@H](C)[C@H](NC(=O)Cn1ncc2ccccc2c1=O)C(=O)O. The minimum absolute atomic E-state index is 0.210. The van der Waals surface area contributed by atoms with Gasteiger partial charge in [0, 0.05) is 5.39 Å². The van der Waals surface area contributed by atoms with E-state index in [-0.39, 0.29) is 18.0 Å². The monoisotopic (exact) mass is 317 g/mol. The van der Waals surface area contributed by atoms with Gasteiger partial charge in [0.25, 0.3) is 5.56 Å². The first-order valence-corrected chi connectivity index (χ1v) is 7.41. The molecule has 2 atom stereocenters. The molecule has 1 heterocycles. The maximum Gasteiger partial charge on any atom is 0.326 e. The van der Waals surface area contributed by atoms with Gasteiger partial charge in [-0.05, 0) is 12.0 Å². The summed E-state index contributed by atoms with van der Waals surface area (Å²) in [5, 5.41) is 16.8. The van der Waals surface area contributed by atoms with Crippen LogP contribution in [0.5, 0.6) is 0 Å². The van der Waals surface area contributed by atoms with Crippen molar-refractivity contribution in [2.75, 3.05) is 0 Å². The second-order valence-electron chi connectivity index (χ2n) is 5.46. The van der Waals surface area contributed by atoms with Crippen molar-refractivity contribution in [1.82, 2.24) is 15.1 Å². The summed E-state index contributed by atoms with van der Waals surface area (Å²) in [6.07, 6.45) is 2.12. The van der Waals surface area contributed by atoms with Crippen LogP contribution in [0.1, 0.15) is 20.3 Å². The van der Waals surface area contributed by atoms with Crippen LogP contribution >= 0.6 is 0 Å². The molecule has 0 unspecified atom stereocenters. The minimum atomic E-state index is -1.09. The van der Waals surface area contributed by atoms with Crippen LogP contribution in [0.15, 0.2) is 35.3 Å². The molecule has 1 aromatic heterocycles. The van der Waals surface area contributed by atoms with E-state index in [1.54, 1.807) is 31.2 Å². The number of carboxylic acids is 1. The average Bonchev–Trinajstić information content (AvgIpc) is 2.54. The van der Waals surface area contributed by atoms with Gasteiger partial charge in [0.2, 0.25) is 5.91 Å². The third-order valence-corrected chi connectivity index (χ3v) is 3.85. The maximum atomic E-state index is 12.3. The molecule has 0 saturated carbocycles. The van der Waals surface area contributed by atoms with Crippen LogP contribution in [0, 0.1) is 5.92 Å². The molecule has 1 aromatic carbocycles. The van der Waals surface area contributed by atoms with Crippen molar-refractivity contribution in [2.45, 2.75) is 32.9 Å². The number of carboxylic acid groups (broad SMARTS) is 1. The molecule has 0 aliphatic rings. The van der Waals surface area contributed by atoms with Crippen molar-refractivity contribution in [3.63, 3.8) is 0 Å². The van der Waals surface area contributed by atoms with E-state index in [1.165, 1.54) is 6.20 Å². The second kappa shape index (κ2) is 7.04. The third-order valence-electron chi connectivity index (χ3n) is 3.85. The molecular formula is C16H19N3O4. The number of hydrogen-bond acceptors (Lipinski definition) is 4. The third kappa shape index (κ3) is 3.74. The van der Waals surface area contributed by atoms with Gasteiger partial charge in [0.1, 0.15) is 12.6 Å². The van der Waals surface area contributed by atoms with Crippen LogP contribution in [0.4, 0.5) is 0 Å². The first-order valence-electron chi connectivity index (χ1n) is 7.41. The normalized spacial score (nSPS) is 13.5. The standard InChI is InChI=1S/C16H19N3O4/c1-3-10(2)14(16(22)23)18-13(20)9-19-15(21)12-7-5-4-6-11(12)8-17-19/h4-8,10,14H,3,9H2,1-2H3,(H,18,20)(H,22,23)/t10-,14-/m0/s1. The van der Waals surface area contributed by atoms with Crippen molar-refractivity contribution in [3.8, 4) is 0 Å². The predicted octanol–water partition coefficient (Wildman–Crippen LogP) is 1.01. The summed E-state index contributed by atoms with van der Waals surface area (Å²) in [7, 11) is 0. The summed E-state index contributed by atoms with van der Waals surface area (Å²) >= 11 is 0. The Balaban J connectivity index is 2.19. The van der Waals surface area contributed by atoms with E-state index in [9.17, 15) is 19.5 Å². The summed E-state index contributed by atoms with van der Waals surface area (Å²) in [6, 6.07) is 5.97. The van der Waals surface area contributed by atoms with Gasteiger partial charge >= 0.3 is 5.97 Å². The number of fused-ring (bicyclic) bond motifs is 1. The highest BCUT2D eigenvalue weighted by atomic mass is 16.4. The van der Waals surface area contributed by atoms with Gasteiger partial charge < -0.3 is 10.4 Å². The molecule has 23 heavy (non-hydrogen) atoms. The number of carbonyl (C=O) groups excluding carboxylic acids is 1. The van der Waals surface area contributed by atoms with Crippen molar-refractivity contribution >= 4 is 22.6 Å². The predicted molar refractivity (Wildman–Crippen MR) is 85.0 cm³/mol. The van der Waals surface area contributed by atoms with Gasteiger partial charge in [-0.2, -0.15) is 5.10 Å². The number of carbonyl (C=O) groups is 2. The Morgan fingerprint density at radius 3 is 2.70 bits per heavy atom. The molecule has 0 saturated heterocycles. The average molecular weight is 317 g/mol. The molecule has 0 spiro atoms. The number of benzene rings is 1. The van der Waals surface area contributed by atoms with E-state index < -0.39 is 17.9 Å². The molecule has 0 radical (unpaired) electrons. The maximum absolute atomic E-state index is 12.3. The van der Waals surface area contributed by atoms with Gasteiger partial charge in [0.15, 0.2) is 0 Å². The van der Waals surface area contributed by atoms with E-state index in [0.29, 0.717) is 17.2 Å². The second-order valence-corrected chi connectivity index (χ2v) is 5.46. The van der Waals surface area contributed by atoms with Gasteiger partial charge in [-0.15, -0.1) is 0 Å². The fourth-order valence-electron chi connectivity index (χ4n) is 2.28. The van der Waals surface area contributed by atoms with E-state index in [4.69, 9.17) is 0 Å². The Kier molecular flexibility index (Phi) is 5.10. The number of aliphatic carboxylic acids is 1. The quantitative estimate of drug-likeness (QED) is 0.828. The van der Waals surface area contributed by atoms with E-state index in [2.05, 4.69) is 10.4 Å². The number of rotatable bonds is 6. The number of nitrogens with zero attached hydrogens (tertiary/aromatic N) is 2. The summed E-state index contributed by atoms with van der Waals surface area (Å²) in [5.41, 5.74) is -0.381. The Hall–Kier alpha value is -2.70. The molecule has 0 aliphatic heterocycles. The first-order chi connectivity index (χ1) is 10.9. The van der Waals surface area contributed by atoms with Gasteiger partial charge in [-0.3, -0.25) is 9.59 Å². The zero-order valence-electron chi connectivity index (χ0n) is 13.0. The molecule has 2 rings (SSSR count). The Labute approximate surface area is 132 Å². The van der Waals surface area contributed by atoms with Crippen LogP contribution in [-0.2, 0) is 16.1 Å². The lowest BCUT2D eigenvalue weighted by molar-refractivity contribution is -0.143. The minimum Gasteiger partial charge on any atom is -0.480 e. The van der Waals surface area contributed by atoms with Crippen molar-refractivity contribution in [2.24, 2.45) is 5.92 Å². The van der Waals surface area contributed by atoms with E-state index in [1.807, 2.05) is 6.92 Å². The summed E-state index contributed by atoms with van der Waals surface area (Å²) in [4.78, 5) is 35.6. The molecule has 7 nitrogen and oxygen atoms in total. The van der Waals surface area contributed by atoms with Crippen molar-refractivity contribution < 1.29 is 14.7 Å². The van der Waals surface area contributed by atoms with Crippen LogP contribution in [0.25, 0.3) is 10.8 Å². The lowest BCUT2D eigenvalue weighted by Crippen LogP contribution is -2.47. The van der Waals surface area contributed by atoms with E-state index >= 15 is 0 Å². The number of nitrogens with one attached hydrogen (secondary N) is 1. The summed E-state index contributed by atoms with van der Waals surface area (Å²) in [6.45, 7) is 3.28. The topological polar surface area (TPSA) is 101 Å². The molecule has 2 N–H and O–H groups in total. The van der Waals surface area contributed by atoms with Crippen molar-refractivity contribution in [3.05, 3.63) is 40.8 Å². The zero-order chi connectivity index (χ0) is 17.0. The molecule has 122 valence electrons. The summed E-state index contributed by atoms with van der Waals surface area (Å²) < 4.78 is 1.03. The largest absolute Gasteiger partial charge is 0.480 e. The van der Waals surface area contributed by atoms with Crippen LogP contribution in [-0.4, -0.2) is 32.8 Å². The molecule has 2 aromatic rings. The number of hydrogen-bond donors (Lipinski definition) is 2. The highest BCUT2D eigenvalue weighted by Gasteiger charge is 2.25. The molecule has 0 fully saturated rings. The molecular weight excluding hydrogens is 298 g/mol. The van der Waals surface area contributed by atoms with Crippen LogP contribution in [0.3, 0.4) is 0 Å². The number of aromatic nitrogens is 2. The molecule has 0 aliphatic carbocycles. The smallest absolute Gasteiger partial charge is 0.326 e. The molecule has 1 amide bonds. The van der Waals surface area contributed by atoms with E-state index in [0.717, 1.165) is 4.68 Å².